The molecule has 2 atom stereocenters. The lowest BCUT2D eigenvalue weighted by molar-refractivity contribution is -0.142. The van der Waals surface area contributed by atoms with Crippen molar-refractivity contribution in [1.82, 2.24) is 5.32 Å². The molecule has 106 valence electrons. The summed E-state index contributed by atoms with van der Waals surface area (Å²) in [7, 11) is 1.44. The molecule has 0 rings (SSSR count). The first-order valence-corrected chi connectivity index (χ1v) is 5.66. The minimum absolute atomic E-state index is 0.0341. The molecule has 8 nitrogen and oxygen atoms in total. The van der Waals surface area contributed by atoms with Gasteiger partial charge in [-0.25, -0.2) is 4.79 Å². The highest BCUT2D eigenvalue weighted by Crippen LogP contribution is 2.01. The lowest BCUT2D eigenvalue weighted by Crippen LogP contribution is -2.42. The Morgan fingerprint density at radius 1 is 1.47 bits per heavy atom. The zero-order chi connectivity index (χ0) is 14.8. The van der Waals surface area contributed by atoms with Crippen LogP contribution < -0.4 is 5.32 Å². The molecule has 19 heavy (non-hydrogen) atoms. The monoisotopic (exact) mass is 271 g/mol. The van der Waals surface area contributed by atoms with Gasteiger partial charge in [0.15, 0.2) is 0 Å². The number of carbonyl (C=O) groups is 3. The molecule has 0 unspecified atom stereocenters. The highest BCUT2D eigenvalue weighted by Gasteiger charge is 2.22. The van der Waals surface area contributed by atoms with Crippen molar-refractivity contribution in [2.75, 3.05) is 7.11 Å². The maximum atomic E-state index is 11.5. The van der Waals surface area contributed by atoms with E-state index in [1.165, 1.54) is 7.11 Å². The van der Waals surface area contributed by atoms with Crippen LogP contribution in [0.15, 0.2) is 0 Å². The highest BCUT2D eigenvalue weighted by atomic mass is 16.5. The van der Waals surface area contributed by atoms with Crippen LogP contribution in [-0.4, -0.2) is 53.0 Å². The van der Waals surface area contributed by atoms with Crippen LogP contribution in [-0.2, 0) is 19.1 Å². The zero-order valence-electron chi connectivity index (χ0n) is 10.8. The van der Waals surface area contributed by atoms with Gasteiger partial charge in [-0.1, -0.05) is 0 Å². The first-order valence-electron chi connectivity index (χ1n) is 5.66. The van der Waals surface area contributed by atoms with E-state index in [1.54, 1.807) is 6.92 Å². The summed E-state index contributed by atoms with van der Waals surface area (Å²) in [5.41, 5.74) is 8.13. The SMILES string of the molecule is CO[C@@H](C)CC(=O)N[C@@H](CCC(=O)C=[N+]=[N-])C(=O)O. The van der Waals surface area contributed by atoms with Gasteiger partial charge in [0.1, 0.15) is 6.04 Å². The molecule has 0 bridgehead atoms. The Morgan fingerprint density at radius 2 is 2.11 bits per heavy atom. The molecular formula is C11H17N3O5. The van der Waals surface area contributed by atoms with Crippen molar-refractivity contribution in [2.24, 2.45) is 0 Å². The predicted molar refractivity (Wildman–Crippen MR) is 64.6 cm³/mol. The van der Waals surface area contributed by atoms with Gasteiger partial charge in [0, 0.05) is 13.5 Å². The van der Waals surface area contributed by atoms with Crippen LogP contribution in [0.3, 0.4) is 0 Å². The molecule has 0 aliphatic heterocycles. The van der Waals surface area contributed by atoms with E-state index in [0.717, 1.165) is 0 Å². The average Bonchev–Trinajstić information content (AvgIpc) is 2.34. The Hall–Kier alpha value is -2.05. The number of amides is 1. The normalized spacial score (nSPS) is 12.9. The van der Waals surface area contributed by atoms with E-state index in [1.807, 2.05) is 0 Å². The average molecular weight is 271 g/mol. The summed E-state index contributed by atoms with van der Waals surface area (Å²) >= 11 is 0. The molecule has 8 heteroatoms. The number of nitrogens with one attached hydrogen (secondary N) is 1. The molecule has 0 saturated carbocycles. The second-order valence-electron chi connectivity index (χ2n) is 3.96. The number of nitrogens with zero attached hydrogens (tertiary/aromatic N) is 2. The highest BCUT2D eigenvalue weighted by molar-refractivity contribution is 6.25. The van der Waals surface area contributed by atoms with Crippen molar-refractivity contribution in [3.63, 3.8) is 0 Å². The van der Waals surface area contributed by atoms with Crippen LogP contribution in [0.5, 0.6) is 0 Å². The number of ketones is 1. The third-order valence-corrected chi connectivity index (χ3v) is 2.39. The standard InChI is InChI=1S/C11H17N3O5/c1-7(19-2)5-10(16)14-9(11(17)18)4-3-8(15)6-13-12/h6-7,9H,3-5H2,1-2H3,(H,14,16)(H,17,18)/t7-,9-/m0/s1. The number of methoxy groups -OCH3 is 1. The number of carbonyl (C=O) groups excluding carboxylic acids is 2. The third kappa shape index (κ3) is 7.80. The van der Waals surface area contributed by atoms with Crippen molar-refractivity contribution in [3.05, 3.63) is 5.53 Å². The number of aliphatic carboxylic acids is 1. The van der Waals surface area contributed by atoms with Gasteiger partial charge in [0.25, 0.3) is 0 Å². The molecule has 0 aromatic carbocycles. The van der Waals surface area contributed by atoms with E-state index >= 15 is 0 Å². The summed E-state index contributed by atoms with van der Waals surface area (Å²) in [6.45, 7) is 1.68. The summed E-state index contributed by atoms with van der Waals surface area (Å²) in [6, 6.07) is -1.16. The predicted octanol–water partition coefficient (Wildman–Crippen LogP) is -0.369. The molecule has 2 N–H and O–H groups in total. The van der Waals surface area contributed by atoms with Crippen molar-refractivity contribution >= 4 is 23.9 Å². The Kier molecular flexibility index (Phi) is 7.99. The van der Waals surface area contributed by atoms with Crippen LogP contribution in [0.4, 0.5) is 0 Å². The van der Waals surface area contributed by atoms with E-state index in [0.29, 0.717) is 6.21 Å². The van der Waals surface area contributed by atoms with Crippen molar-refractivity contribution in [3.8, 4) is 0 Å². The van der Waals surface area contributed by atoms with Crippen LogP contribution in [0.2, 0.25) is 0 Å². The lowest BCUT2D eigenvalue weighted by Gasteiger charge is -2.15. The lowest BCUT2D eigenvalue weighted by atomic mass is 10.1. The molecule has 0 saturated heterocycles. The number of hydrogen-bond acceptors (Lipinski definition) is 4. The number of rotatable bonds is 9. The van der Waals surface area contributed by atoms with Crippen LogP contribution >= 0.6 is 0 Å². The van der Waals surface area contributed by atoms with Gasteiger partial charge in [0.2, 0.25) is 11.7 Å². The van der Waals surface area contributed by atoms with Crippen LogP contribution in [0.1, 0.15) is 26.2 Å². The molecule has 0 spiro atoms. The van der Waals surface area contributed by atoms with E-state index in [9.17, 15) is 14.4 Å². The second kappa shape index (κ2) is 8.96. The van der Waals surface area contributed by atoms with Gasteiger partial charge >= 0.3 is 12.2 Å². The first kappa shape index (κ1) is 16.9. The molecule has 0 fully saturated rings. The molecule has 0 heterocycles. The van der Waals surface area contributed by atoms with E-state index in [-0.39, 0.29) is 25.4 Å². The van der Waals surface area contributed by atoms with E-state index < -0.39 is 23.7 Å². The summed E-state index contributed by atoms with van der Waals surface area (Å²) in [4.78, 5) is 36.0. The summed E-state index contributed by atoms with van der Waals surface area (Å²) in [5.74, 6) is -2.22. The van der Waals surface area contributed by atoms with Gasteiger partial charge in [-0.3, -0.25) is 9.59 Å². The van der Waals surface area contributed by atoms with E-state index in [2.05, 4.69) is 10.1 Å². The molecule has 0 radical (unpaired) electrons. The molecule has 0 aromatic heterocycles. The molecule has 1 amide bonds. The van der Waals surface area contributed by atoms with Gasteiger partial charge in [0.05, 0.1) is 12.5 Å². The van der Waals surface area contributed by atoms with Crippen molar-refractivity contribution < 1.29 is 29.0 Å². The van der Waals surface area contributed by atoms with Gasteiger partial charge in [-0.15, -0.1) is 0 Å². The van der Waals surface area contributed by atoms with Crippen LogP contribution in [0, 0.1) is 0 Å². The fraction of sp³-hybridized carbons (Fsp3) is 0.636. The molecule has 0 aliphatic rings. The van der Waals surface area contributed by atoms with Crippen LogP contribution in [0.25, 0.3) is 5.53 Å². The number of ether oxygens (including phenoxy) is 1. The fourth-order valence-corrected chi connectivity index (χ4v) is 1.27. The Labute approximate surface area is 110 Å². The molecule has 0 aromatic rings. The second-order valence-corrected chi connectivity index (χ2v) is 3.96. The Balaban J connectivity index is 4.34. The molecular weight excluding hydrogens is 254 g/mol. The summed E-state index contributed by atoms with van der Waals surface area (Å²) < 4.78 is 4.89. The van der Waals surface area contributed by atoms with Gasteiger partial charge in [-0.2, -0.15) is 4.79 Å². The maximum absolute atomic E-state index is 11.5. The zero-order valence-corrected chi connectivity index (χ0v) is 10.8. The minimum Gasteiger partial charge on any atom is -0.480 e. The molecule has 0 aliphatic carbocycles. The maximum Gasteiger partial charge on any atom is 0.326 e. The number of hydrogen-bond donors (Lipinski definition) is 2. The van der Waals surface area contributed by atoms with Gasteiger partial charge < -0.3 is 20.7 Å². The third-order valence-electron chi connectivity index (χ3n) is 2.39. The smallest absolute Gasteiger partial charge is 0.326 e. The number of carboxylic acid groups (broad SMARTS) is 1. The van der Waals surface area contributed by atoms with Crippen molar-refractivity contribution in [1.29, 1.82) is 0 Å². The first-order chi connectivity index (χ1) is 8.90. The summed E-state index contributed by atoms with van der Waals surface area (Å²) in [5, 5.41) is 11.2. The Morgan fingerprint density at radius 3 is 2.58 bits per heavy atom. The number of Topliss-reactive ketones (excluding diaryl/α,β-unsaturated/α-hetero) is 1. The number of carboxylic acids is 1. The fourth-order valence-electron chi connectivity index (χ4n) is 1.27. The minimum atomic E-state index is -1.23. The van der Waals surface area contributed by atoms with Gasteiger partial charge in [-0.05, 0) is 13.3 Å². The van der Waals surface area contributed by atoms with Crippen molar-refractivity contribution in [2.45, 2.75) is 38.3 Å². The Bertz CT molecular complexity index is 390. The summed E-state index contributed by atoms with van der Waals surface area (Å²) in [6.07, 6.45) is 0.187. The quantitative estimate of drug-likeness (QED) is 0.336. The van der Waals surface area contributed by atoms with E-state index in [4.69, 9.17) is 15.4 Å². The topological polar surface area (TPSA) is 129 Å². The largest absolute Gasteiger partial charge is 0.480 e.